The summed E-state index contributed by atoms with van der Waals surface area (Å²) in [4.78, 5) is 8.28. The summed E-state index contributed by atoms with van der Waals surface area (Å²) in [5, 5.41) is 0. The molecule has 1 aromatic rings. The second kappa shape index (κ2) is 4.44. The third kappa shape index (κ3) is 2.31. The molecule has 0 bridgehead atoms. The minimum Gasteiger partial charge on any atom is -0.285 e. The molecule has 0 saturated heterocycles. The number of rotatable bonds is 3. The van der Waals surface area contributed by atoms with Gasteiger partial charge in [-0.2, -0.15) is 0 Å². The topological polar surface area (TPSA) is 25.2 Å². The minimum atomic E-state index is 0.667. The number of aromatic nitrogens is 1. The van der Waals surface area contributed by atoms with Crippen LogP contribution in [0.3, 0.4) is 0 Å². The molecule has 0 radical (unpaired) electrons. The average molecular weight is 160 g/mol. The van der Waals surface area contributed by atoms with Crippen LogP contribution in [0, 0.1) is 0 Å². The van der Waals surface area contributed by atoms with E-state index in [2.05, 4.69) is 16.6 Å². The molecule has 0 aliphatic carbocycles. The molecular formula is C10H12N2. The first-order valence-corrected chi connectivity index (χ1v) is 3.87. The Morgan fingerprint density at radius 3 is 3.17 bits per heavy atom. The van der Waals surface area contributed by atoms with E-state index in [1.54, 1.807) is 12.3 Å². The third-order valence-corrected chi connectivity index (χ3v) is 1.54. The van der Waals surface area contributed by atoms with Crippen molar-refractivity contribution >= 4 is 5.71 Å². The Morgan fingerprint density at radius 1 is 1.75 bits per heavy atom. The molecule has 0 aliphatic heterocycles. The van der Waals surface area contributed by atoms with Crippen molar-refractivity contribution < 1.29 is 0 Å². The Balaban J connectivity index is 2.77. The summed E-state index contributed by atoms with van der Waals surface area (Å²) in [6.45, 7) is 6.24. The van der Waals surface area contributed by atoms with E-state index in [1.165, 1.54) is 0 Å². The van der Waals surface area contributed by atoms with Crippen molar-refractivity contribution in [3.8, 4) is 0 Å². The molecule has 0 atom stereocenters. The van der Waals surface area contributed by atoms with Crippen LogP contribution >= 0.6 is 0 Å². The van der Waals surface area contributed by atoms with Crippen molar-refractivity contribution in [3.63, 3.8) is 0 Å². The first-order valence-electron chi connectivity index (χ1n) is 3.87. The fourth-order valence-electron chi connectivity index (χ4n) is 0.870. The van der Waals surface area contributed by atoms with Gasteiger partial charge in [-0.3, -0.25) is 9.98 Å². The Labute approximate surface area is 72.7 Å². The number of hydrogen-bond donors (Lipinski definition) is 0. The number of aliphatic imine (C=N–C) groups is 1. The van der Waals surface area contributed by atoms with Gasteiger partial charge in [0.15, 0.2) is 0 Å². The third-order valence-electron chi connectivity index (χ3n) is 1.54. The summed E-state index contributed by atoms with van der Waals surface area (Å²) >= 11 is 0. The predicted molar refractivity (Wildman–Crippen MR) is 51.5 cm³/mol. The fourth-order valence-corrected chi connectivity index (χ4v) is 0.870. The second-order valence-corrected chi connectivity index (χ2v) is 2.46. The zero-order valence-electron chi connectivity index (χ0n) is 7.20. The summed E-state index contributed by atoms with van der Waals surface area (Å²) in [7, 11) is 0. The Hall–Kier alpha value is -1.44. The fraction of sp³-hybridized carbons (Fsp3) is 0.200. The summed E-state index contributed by atoms with van der Waals surface area (Å²) < 4.78 is 0. The average Bonchev–Trinajstić information content (AvgIpc) is 2.15. The van der Waals surface area contributed by atoms with Gasteiger partial charge in [-0.15, -0.1) is 6.58 Å². The van der Waals surface area contributed by atoms with Gasteiger partial charge in [0.25, 0.3) is 0 Å². The molecule has 0 fully saturated rings. The highest BCUT2D eigenvalue weighted by Gasteiger charge is 1.93. The highest BCUT2D eigenvalue weighted by molar-refractivity contribution is 5.98. The van der Waals surface area contributed by atoms with Crippen LogP contribution in [0.25, 0.3) is 0 Å². The van der Waals surface area contributed by atoms with Crippen molar-refractivity contribution in [2.24, 2.45) is 4.99 Å². The van der Waals surface area contributed by atoms with E-state index < -0.39 is 0 Å². The molecule has 0 N–H and O–H groups in total. The van der Waals surface area contributed by atoms with E-state index in [0.717, 1.165) is 11.3 Å². The largest absolute Gasteiger partial charge is 0.285 e. The monoisotopic (exact) mass is 160 g/mol. The van der Waals surface area contributed by atoms with Crippen LogP contribution in [0.5, 0.6) is 0 Å². The van der Waals surface area contributed by atoms with Crippen molar-refractivity contribution in [1.29, 1.82) is 0 Å². The summed E-state index contributed by atoms with van der Waals surface area (Å²) in [5.41, 5.74) is 2.07. The van der Waals surface area contributed by atoms with Gasteiger partial charge in [-0.05, 0) is 13.0 Å². The summed E-state index contributed by atoms with van der Waals surface area (Å²) in [6, 6.07) is 3.90. The maximum absolute atomic E-state index is 4.27. The molecule has 1 aromatic heterocycles. The lowest BCUT2D eigenvalue weighted by Crippen LogP contribution is -1.95. The van der Waals surface area contributed by atoms with Gasteiger partial charge in [0.1, 0.15) is 0 Å². The van der Waals surface area contributed by atoms with Crippen molar-refractivity contribution in [2.75, 3.05) is 6.54 Å². The smallest absolute Gasteiger partial charge is 0.0571 e. The van der Waals surface area contributed by atoms with E-state index >= 15 is 0 Å². The minimum absolute atomic E-state index is 0.667. The van der Waals surface area contributed by atoms with Gasteiger partial charge in [0.2, 0.25) is 0 Å². The zero-order valence-corrected chi connectivity index (χ0v) is 7.20. The molecule has 0 amide bonds. The molecule has 1 heterocycles. The van der Waals surface area contributed by atoms with Crippen LogP contribution in [0.1, 0.15) is 12.5 Å². The molecule has 0 saturated carbocycles. The highest BCUT2D eigenvalue weighted by atomic mass is 14.7. The van der Waals surface area contributed by atoms with Crippen LogP contribution in [0.15, 0.2) is 42.2 Å². The normalized spacial score (nSPS) is 11.2. The van der Waals surface area contributed by atoms with E-state index in [-0.39, 0.29) is 0 Å². The van der Waals surface area contributed by atoms with Crippen molar-refractivity contribution in [2.45, 2.75) is 6.92 Å². The van der Waals surface area contributed by atoms with Crippen LogP contribution in [-0.2, 0) is 0 Å². The van der Waals surface area contributed by atoms with E-state index in [4.69, 9.17) is 0 Å². The van der Waals surface area contributed by atoms with Crippen LogP contribution < -0.4 is 0 Å². The number of hydrogen-bond acceptors (Lipinski definition) is 2. The molecule has 0 aromatic carbocycles. The standard InChI is InChI=1S/C10H12N2/c1-3-6-12-9(2)10-5-4-7-11-8-10/h3-5,7-8H,1,6H2,2H3. The van der Waals surface area contributed by atoms with Crippen molar-refractivity contribution in [3.05, 3.63) is 42.7 Å². The van der Waals surface area contributed by atoms with Gasteiger partial charge in [0, 0.05) is 23.7 Å². The van der Waals surface area contributed by atoms with Gasteiger partial charge in [-0.1, -0.05) is 12.1 Å². The first kappa shape index (κ1) is 8.65. The SMILES string of the molecule is C=CCN=C(C)c1cccnc1. The van der Waals surface area contributed by atoms with E-state index in [9.17, 15) is 0 Å². The molecule has 1 rings (SSSR count). The first-order chi connectivity index (χ1) is 5.84. The predicted octanol–water partition coefficient (Wildman–Crippen LogP) is 2.08. The quantitative estimate of drug-likeness (QED) is 0.491. The van der Waals surface area contributed by atoms with Crippen LogP contribution in [0.2, 0.25) is 0 Å². The Kier molecular flexibility index (Phi) is 3.20. The highest BCUT2D eigenvalue weighted by Crippen LogP contribution is 1.97. The maximum Gasteiger partial charge on any atom is 0.0571 e. The molecule has 2 heteroatoms. The second-order valence-electron chi connectivity index (χ2n) is 2.46. The van der Waals surface area contributed by atoms with Gasteiger partial charge in [-0.25, -0.2) is 0 Å². The van der Waals surface area contributed by atoms with Gasteiger partial charge < -0.3 is 0 Å². The van der Waals surface area contributed by atoms with Gasteiger partial charge in [0.05, 0.1) is 6.54 Å². The molecule has 0 aliphatic rings. The molecule has 0 spiro atoms. The molecule has 12 heavy (non-hydrogen) atoms. The van der Waals surface area contributed by atoms with Crippen LogP contribution in [0.4, 0.5) is 0 Å². The maximum atomic E-state index is 4.27. The van der Waals surface area contributed by atoms with Gasteiger partial charge >= 0.3 is 0 Å². The number of nitrogens with zero attached hydrogens (tertiary/aromatic N) is 2. The lowest BCUT2D eigenvalue weighted by molar-refractivity contribution is 1.23. The zero-order chi connectivity index (χ0) is 8.81. The van der Waals surface area contributed by atoms with Crippen molar-refractivity contribution in [1.82, 2.24) is 4.98 Å². The lowest BCUT2D eigenvalue weighted by atomic mass is 10.2. The summed E-state index contributed by atoms with van der Waals surface area (Å²) in [5.74, 6) is 0. The molecule has 62 valence electrons. The van der Waals surface area contributed by atoms with E-state index in [1.807, 2.05) is 25.3 Å². The summed E-state index contributed by atoms with van der Waals surface area (Å²) in [6.07, 6.45) is 5.34. The Bertz CT molecular complexity index is 275. The van der Waals surface area contributed by atoms with Crippen LogP contribution in [-0.4, -0.2) is 17.2 Å². The Morgan fingerprint density at radius 2 is 2.58 bits per heavy atom. The lowest BCUT2D eigenvalue weighted by Gasteiger charge is -1.97. The molecule has 2 nitrogen and oxygen atoms in total. The number of pyridine rings is 1. The molecule has 0 unspecified atom stereocenters. The van der Waals surface area contributed by atoms with E-state index in [0.29, 0.717) is 6.54 Å². The molecular weight excluding hydrogens is 148 g/mol.